The van der Waals surface area contributed by atoms with Gasteiger partial charge >= 0.3 is 0 Å². The van der Waals surface area contributed by atoms with Gasteiger partial charge in [-0.05, 0) is 18.1 Å². The normalized spacial score (nSPS) is 13.9. The minimum absolute atomic E-state index is 0.315. The molecule has 0 unspecified atom stereocenters. The average Bonchev–Trinajstić information content (AvgIpc) is 2.91. The third-order valence-corrected chi connectivity index (χ3v) is 3.43. The molecular formula is C13H15ClN4. The van der Waals surface area contributed by atoms with Crippen molar-refractivity contribution in [1.82, 2.24) is 9.89 Å². The molecule has 0 saturated carbocycles. The third kappa shape index (κ3) is 1.64. The fraction of sp³-hybridized carbons (Fsp3) is 0.308. The van der Waals surface area contributed by atoms with Crippen LogP contribution in [0.3, 0.4) is 0 Å². The van der Waals surface area contributed by atoms with Gasteiger partial charge in [-0.25, -0.2) is 5.01 Å². The molecule has 1 aliphatic rings. The molecule has 5 heteroatoms. The maximum Gasteiger partial charge on any atom is 0.168 e. The van der Waals surface area contributed by atoms with Gasteiger partial charge in [0.15, 0.2) is 5.82 Å². The number of aromatic nitrogens is 2. The van der Waals surface area contributed by atoms with Crippen LogP contribution in [0.15, 0.2) is 30.3 Å². The van der Waals surface area contributed by atoms with Gasteiger partial charge < -0.3 is 5.32 Å². The van der Waals surface area contributed by atoms with Crippen molar-refractivity contribution in [2.24, 2.45) is 0 Å². The van der Waals surface area contributed by atoms with E-state index in [9.17, 15) is 0 Å². The summed E-state index contributed by atoms with van der Waals surface area (Å²) in [7, 11) is 0. The molecule has 0 bridgehead atoms. The number of rotatable bonds is 2. The van der Waals surface area contributed by atoms with Crippen LogP contribution in [0.5, 0.6) is 0 Å². The molecule has 0 aliphatic carbocycles. The maximum atomic E-state index is 6.35. The smallest absolute Gasteiger partial charge is 0.168 e. The van der Waals surface area contributed by atoms with Crippen LogP contribution in [0.1, 0.15) is 25.5 Å². The summed E-state index contributed by atoms with van der Waals surface area (Å²) < 4.78 is 0. The molecule has 18 heavy (non-hydrogen) atoms. The molecule has 3 rings (SSSR count). The summed E-state index contributed by atoms with van der Waals surface area (Å²) in [5, 5.41) is 10.7. The summed E-state index contributed by atoms with van der Waals surface area (Å²) in [6, 6.07) is 10.1. The molecule has 0 amide bonds. The Morgan fingerprint density at radius 2 is 2.00 bits per heavy atom. The van der Waals surface area contributed by atoms with Gasteiger partial charge in [-0.3, -0.25) is 0 Å². The van der Waals surface area contributed by atoms with Gasteiger partial charge in [0.05, 0.1) is 11.4 Å². The van der Waals surface area contributed by atoms with Crippen LogP contribution in [0, 0.1) is 0 Å². The van der Waals surface area contributed by atoms with Crippen molar-refractivity contribution >= 4 is 23.1 Å². The molecule has 2 aromatic rings. The SMILES string of the molecule is CC(C)c1nn2c(c1Cl)NCN2c1ccccc1. The highest BCUT2D eigenvalue weighted by Crippen LogP contribution is 2.35. The Balaban J connectivity index is 2.04. The topological polar surface area (TPSA) is 33.1 Å². The first kappa shape index (κ1) is 11.4. The molecule has 0 spiro atoms. The van der Waals surface area contributed by atoms with Gasteiger partial charge in [0, 0.05) is 0 Å². The van der Waals surface area contributed by atoms with Gasteiger partial charge in [-0.2, -0.15) is 9.89 Å². The molecule has 0 fully saturated rings. The van der Waals surface area contributed by atoms with Crippen molar-refractivity contribution < 1.29 is 0 Å². The number of para-hydroxylation sites is 1. The molecule has 1 N–H and O–H groups in total. The third-order valence-electron chi connectivity index (χ3n) is 3.06. The van der Waals surface area contributed by atoms with Gasteiger partial charge in [0.2, 0.25) is 0 Å². The summed E-state index contributed by atoms with van der Waals surface area (Å²) in [6.45, 7) is 4.87. The average molecular weight is 263 g/mol. The van der Waals surface area contributed by atoms with Crippen LogP contribution in [-0.4, -0.2) is 16.6 Å². The highest BCUT2D eigenvalue weighted by Gasteiger charge is 2.27. The fourth-order valence-corrected chi connectivity index (χ4v) is 2.51. The zero-order chi connectivity index (χ0) is 12.7. The summed E-state index contributed by atoms with van der Waals surface area (Å²) in [5.41, 5.74) is 2.03. The lowest BCUT2D eigenvalue weighted by Gasteiger charge is -2.17. The Kier molecular flexibility index (Phi) is 2.67. The van der Waals surface area contributed by atoms with E-state index in [4.69, 9.17) is 11.6 Å². The van der Waals surface area contributed by atoms with Crippen molar-refractivity contribution in [3.63, 3.8) is 0 Å². The van der Waals surface area contributed by atoms with E-state index in [0.29, 0.717) is 12.6 Å². The molecular weight excluding hydrogens is 248 g/mol. The Labute approximate surface area is 111 Å². The van der Waals surface area contributed by atoms with Gasteiger partial charge in [-0.1, -0.05) is 43.6 Å². The lowest BCUT2D eigenvalue weighted by atomic mass is 10.1. The first-order chi connectivity index (χ1) is 8.68. The predicted molar refractivity (Wildman–Crippen MR) is 74.1 cm³/mol. The molecule has 1 aromatic carbocycles. The van der Waals surface area contributed by atoms with Crippen molar-refractivity contribution in [2.75, 3.05) is 17.0 Å². The van der Waals surface area contributed by atoms with E-state index in [1.54, 1.807) is 0 Å². The first-order valence-electron chi connectivity index (χ1n) is 6.03. The maximum absolute atomic E-state index is 6.35. The molecule has 0 saturated heterocycles. The zero-order valence-electron chi connectivity index (χ0n) is 10.4. The molecule has 2 heterocycles. The molecule has 94 valence electrons. The number of halogens is 1. The van der Waals surface area contributed by atoms with Crippen LogP contribution >= 0.6 is 11.6 Å². The summed E-state index contributed by atoms with van der Waals surface area (Å²) in [5.74, 6) is 1.19. The van der Waals surface area contributed by atoms with Crippen molar-refractivity contribution in [2.45, 2.75) is 19.8 Å². The van der Waals surface area contributed by atoms with Crippen molar-refractivity contribution in [1.29, 1.82) is 0 Å². The van der Waals surface area contributed by atoms with E-state index in [1.165, 1.54) is 0 Å². The van der Waals surface area contributed by atoms with Crippen LogP contribution in [0.25, 0.3) is 0 Å². The number of nitrogens with one attached hydrogen (secondary N) is 1. The second kappa shape index (κ2) is 4.21. The van der Waals surface area contributed by atoms with Crippen LogP contribution in [0.2, 0.25) is 5.02 Å². The van der Waals surface area contributed by atoms with Crippen LogP contribution in [-0.2, 0) is 0 Å². The van der Waals surface area contributed by atoms with Crippen LogP contribution in [0.4, 0.5) is 11.5 Å². The second-order valence-electron chi connectivity index (χ2n) is 4.66. The van der Waals surface area contributed by atoms with Crippen molar-refractivity contribution in [3.8, 4) is 0 Å². The van der Waals surface area contributed by atoms with Gasteiger partial charge in [-0.15, -0.1) is 0 Å². The van der Waals surface area contributed by atoms with E-state index in [-0.39, 0.29) is 0 Å². The number of nitrogens with zero attached hydrogens (tertiary/aromatic N) is 3. The minimum atomic E-state index is 0.315. The standard InChI is InChI=1S/C13H15ClN4/c1-9(2)12-11(14)13-15-8-17(18(13)16-12)10-6-4-3-5-7-10/h3-7,9,15H,8H2,1-2H3. The Hall–Kier alpha value is -1.68. The van der Waals surface area contributed by atoms with Gasteiger partial charge in [0.25, 0.3) is 0 Å². The lowest BCUT2D eigenvalue weighted by Crippen LogP contribution is -2.27. The number of hydrogen-bond donors (Lipinski definition) is 1. The van der Waals surface area contributed by atoms with Crippen LogP contribution < -0.4 is 10.3 Å². The molecule has 1 aromatic heterocycles. The monoisotopic (exact) mass is 262 g/mol. The quantitative estimate of drug-likeness (QED) is 0.901. The summed E-state index contributed by atoms with van der Waals surface area (Å²) in [4.78, 5) is 1.85. The highest BCUT2D eigenvalue weighted by molar-refractivity contribution is 6.33. The fourth-order valence-electron chi connectivity index (χ4n) is 2.11. The number of anilines is 2. The number of benzene rings is 1. The minimum Gasteiger partial charge on any atom is -0.348 e. The number of fused-ring (bicyclic) bond motifs is 1. The summed E-state index contributed by atoms with van der Waals surface area (Å²) >= 11 is 6.35. The largest absolute Gasteiger partial charge is 0.348 e. The first-order valence-corrected chi connectivity index (χ1v) is 6.41. The van der Waals surface area contributed by atoms with E-state index >= 15 is 0 Å². The Morgan fingerprint density at radius 3 is 2.67 bits per heavy atom. The highest BCUT2D eigenvalue weighted by atomic mass is 35.5. The number of hydrogen-bond acceptors (Lipinski definition) is 3. The van der Waals surface area contributed by atoms with E-state index in [2.05, 4.69) is 41.4 Å². The molecule has 1 aliphatic heterocycles. The molecule has 0 radical (unpaired) electrons. The Bertz CT molecular complexity index is 562. The second-order valence-corrected chi connectivity index (χ2v) is 5.04. The van der Waals surface area contributed by atoms with Crippen molar-refractivity contribution in [3.05, 3.63) is 41.0 Å². The predicted octanol–water partition coefficient (Wildman–Crippen LogP) is 3.31. The lowest BCUT2D eigenvalue weighted by molar-refractivity contribution is 0.658. The molecule has 0 atom stereocenters. The Morgan fingerprint density at radius 1 is 1.28 bits per heavy atom. The van der Waals surface area contributed by atoms with E-state index < -0.39 is 0 Å². The zero-order valence-corrected chi connectivity index (χ0v) is 11.1. The van der Waals surface area contributed by atoms with Gasteiger partial charge in [0.1, 0.15) is 11.7 Å². The van der Waals surface area contributed by atoms with E-state index in [1.807, 2.05) is 23.0 Å². The summed E-state index contributed by atoms with van der Waals surface area (Å²) in [6.07, 6.45) is 0. The molecule has 4 nitrogen and oxygen atoms in total. The van der Waals surface area contributed by atoms with E-state index in [0.717, 1.165) is 22.2 Å².